The predicted molar refractivity (Wildman–Crippen MR) is 112 cm³/mol. The van der Waals surface area contributed by atoms with Crippen molar-refractivity contribution in [3.63, 3.8) is 0 Å². The third kappa shape index (κ3) is 4.52. The van der Waals surface area contributed by atoms with E-state index in [2.05, 4.69) is 20.0 Å². The summed E-state index contributed by atoms with van der Waals surface area (Å²) in [5, 5.41) is 8.46. The van der Waals surface area contributed by atoms with Crippen LogP contribution in [0.3, 0.4) is 0 Å². The van der Waals surface area contributed by atoms with Crippen LogP contribution in [-0.2, 0) is 6.54 Å². The molecule has 0 unspecified atom stereocenters. The summed E-state index contributed by atoms with van der Waals surface area (Å²) in [7, 11) is 0. The minimum atomic E-state index is -0.257. The molecule has 2 fully saturated rings. The SMILES string of the molecule is Fc1ccc(C(c2ccc(F)cc2)N2CCN(Cc3nnc(C4CCC4)o3)CC2)cc1. The molecule has 1 saturated heterocycles. The Morgan fingerprint density at radius 3 is 1.94 bits per heavy atom. The van der Waals surface area contributed by atoms with Crippen molar-refractivity contribution in [2.24, 2.45) is 0 Å². The van der Waals surface area contributed by atoms with Gasteiger partial charge in [0.2, 0.25) is 11.8 Å². The van der Waals surface area contributed by atoms with Gasteiger partial charge in [0.05, 0.1) is 12.6 Å². The maximum atomic E-state index is 13.5. The van der Waals surface area contributed by atoms with Crippen LogP contribution >= 0.6 is 0 Å². The Labute approximate surface area is 180 Å². The van der Waals surface area contributed by atoms with Crippen LogP contribution in [0.5, 0.6) is 0 Å². The molecule has 0 bridgehead atoms. The van der Waals surface area contributed by atoms with Crippen molar-refractivity contribution in [3.05, 3.63) is 83.1 Å². The molecule has 7 heteroatoms. The third-order valence-corrected chi connectivity index (χ3v) is 6.44. The van der Waals surface area contributed by atoms with Gasteiger partial charge in [-0.1, -0.05) is 30.7 Å². The van der Waals surface area contributed by atoms with Gasteiger partial charge in [0.1, 0.15) is 11.6 Å². The Morgan fingerprint density at radius 1 is 0.839 bits per heavy atom. The first kappa shape index (κ1) is 20.3. The van der Waals surface area contributed by atoms with E-state index in [0.29, 0.717) is 18.4 Å². The van der Waals surface area contributed by atoms with Gasteiger partial charge >= 0.3 is 0 Å². The summed E-state index contributed by atoms with van der Waals surface area (Å²) in [6.07, 6.45) is 3.54. The number of halogens is 2. The van der Waals surface area contributed by atoms with Crippen LogP contribution in [0.25, 0.3) is 0 Å². The molecular formula is C24H26F2N4O. The Hall–Kier alpha value is -2.64. The summed E-state index contributed by atoms with van der Waals surface area (Å²) >= 11 is 0. The van der Waals surface area contributed by atoms with E-state index in [4.69, 9.17) is 4.42 Å². The first-order valence-electron chi connectivity index (χ1n) is 11.0. The number of hydrogen-bond acceptors (Lipinski definition) is 5. The Balaban J connectivity index is 1.27. The first-order chi connectivity index (χ1) is 15.2. The minimum Gasteiger partial charge on any atom is -0.424 e. The molecule has 5 nitrogen and oxygen atoms in total. The maximum Gasteiger partial charge on any atom is 0.230 e. The van der Waals surface area contributed by atoms with Crippen LogP contribution in [-0.4, -0.2) is 46.2 Å². The van der Waals surface area contributed by atoms with E-state index >= 15 is 0 Å². The quantitative estimate of drug-likeness (QED) is 0.582. The number of aromatic nitrogens is 2. The Morgan fingerprint density at radius 2 is 1.42 bits per heavy atom. The van der Waals surface area contributed by atoms with E-state index in [1.54, 1.807) is 0 Å². The van der Waals surface area contributed by atoms with Crippen molar-refractivity contribution in [3.8, 4) is 0 Å². The summed E-state index contributed by atoms with van der Waals surface area (Å²) in [6, 6.07) is 13.2. The summed E-state index contributed by atoms with van der Waals surface area (Å²) in [6.45, 7) is 4.05. The highest BCUT2D eigenvalue weighted by atomic mass is 19.1. The van der Waals surface area contributed by atoms with Gasteiger partial charge in [-0.25, -0.2) is 8.78 Å². The highest BCUT2D eigenvalue weighted by molar-refractivity contribution is 5.32. The van der Waals surface area contributed by atoms with Crippen LogP contribution in [0.15, 0.2) is 52.9 Å². The maximum absolute atomic E-state index is 13.5. The second-order valence-electron chi connectivity index (χ2n) is 8.48. The molecule has 1 aliphatic heterocycles. The molecule has 31 heavy (non-hydrogen) atoms. The lowest BCUT2D eigenvalue weighted by Crippen LogP contribution is -2.47. The van der Waals surface area contributed by atoms with Crippen molar-refractivity contribution in [2.45, 2.75) is 37.8 Å². The molecule has 1 aromatic heterocycles. The van der Waals surface area contributed by atoms with Gasteiger partial charge in [0.25, 0.3) is 0 Å². The molecule has 0 N–H and O–H groups in total. The lowest BCUT2D eigenvalue weighted by atomic mass is 9.85. The molecule has 1 aliphatic carbocycles. The number of rotatable bonds is 6. The molecule has 0 atom stereocenters. The molecule has 162 valence electrons. The van der Waals surface area contributed by atoms with Crippen LogP contribution < -0.4 is 0 Å². The monoisotopic (exact) mass is 424 g/mol. The predicted octanol–water partition coefficient (Wildman–Crippen LogP) is 4.52. The number of nitrogens with zero attached hydrogens (tertiary/aromatic N) is 4. The summed E-state index contributed by atoms with van der Waals surface area (Å²) in [5.74, 6) is 1.40. The van der Waals surface area contributed by atoms with Crippen molar-refractivity contribution in [1.29, 1.82) is 0 Å². The van der Waals surface area contributed by atoms with Gasteiger partial charge in [-0.15, -0.1) is 10.2 Å². The largest absolute Gasteiger partial charge is 0.424 e. The molecule has 2 heterocycles. The summed E-state index contributed by atoms with van der Waals surface area (Å²) in [5.41, 5.74) is 2.01. The zero-order valence-corrected chi connectivity index (χ0v) is 17.4. The Kier molecular flexibility index (Phi) is 5.78. The Bertz CT molecular complexity index is 948. The average molecular weight is 424 g/mol. The zero-order valence-electron chi connectivity index (χ0n) is 17.4. The highest BCUT2D eigenvalue weighted by Gasteiger charge is 2.28. The van der Waals surface area contributed by atoms with Gasteiger partial charge in [-0.05, 0) is 48.2 Å². The lowest BCUT2D eigenvalue weighted by Gasteiger charge is -2.39. The number of piperazine rings is 1. The van der Waals surface area contributed by atoms with Crippen LogP contribution in [0.1, 0.15) is 54.1 Å². The van der Waals surface area contributed by atoms with Crippen LogP contribution in [0.4, 0.5) is 8.78 Å². The van der Waals surface area contributed by atoms with Crippen molar-refractivity contribution < 1.29 is 13.2 Å². The van der Waals surface area contributed by atoms with E-state index in [9.17, 15) is 8.78 Å². The summed E-state index contributed by atoms with van der Waals surface area (Å²) < 4.78 is 32.9. The van der Waals surface area contributed by atoms with Gasteiger partial charge in [-0.2, -0.15) is 0 Å². The van der Waals surface area contributed by atoms with E-state index in [0.717, 1.165) is 56.0 Å². The number of benzene rings is 2. The molecule has 0 radical (unpaired) electrons. The van der Waals surface area contributed by atoms with Gasteiger partial charge < -0.3 is 4.42 Å². The zero-order chi connectivity index (χ0) is 21.2. The van der Waals surface area contributed by atoms with Crippen molar-refractivity contribution in [1.82, 2.24) is 20.0 Å². The third-order valence-electron chi connectivity index (χ3n) is 6.44. The van der Waals surface area contributed by atoms with E-state index in [1.165, 1.54) is 30.7 Å². The minimum absolute atomic E-state index is 0.0445. The molecular weight excluding hydrogens is 398 g/mol. The van der Waals surface area contributed by atoms with E-state index in [-0.39, 0.29) is 17.7 Å². The fourth-order valence-electron chi connectivity index (χ4n) is 4.43. The first-order valence-corrected chi connectivity index (χ1v) is 11.0. The van der Waals surface area contributed by atoms with Gasteiger partial charge in [0, 0.05) is 32.1 Å². The number of hydrogen-bond donors (Lipinski definition) is 0. The van der Waals surface area contributed by atoms with Gasteiger partial charge in [-0.3, -0.25) is 9.80 Å². The topological polar surface area (TPSA) is 45.4 Å². The smallest absolute Gasteiger partial charge is 0.230 e. The molecule has 3 aromatic rings. The second kappa shape index (κ2) is 8.85. The normalized spacial score (nSPS) is 18.4. The molecule has 0 spiro atoms. The fraction of sp³-hybridized carbons (Fsp3) is 0.417. The fourth-order valence-corrected chi connectivity index (χ4v) is 4.43. The van der Waals surface area contributed by atoms with Crippen molar-refractivity contribution >= 4 is 0 Å². The second-order valence-corrected chi connectivity index (χ2v) is 8.48. The van der Waals surface area contributed by atoms with E-state index in [1.807, 2.05) is 24.3 Å². The molecule has 1 saturated carbocycles. The summed E-state index contributed by atoms with van der Waals surface area (Å²) in [4.78, 5) is 4.69. The standard InChI is InChI=1S/C24H26F2N4O/c25-20-8-4-17(5-9-20)23(18-6-10-21(26)11-7-18)30-14-12-29(13-15-30)16-22-27-28-24(31-22)19-2-1-3-19/h4-11,19,23H,1-3,12-16H2. The molecule has 2 aromatic carbocycles. The van der Waals surface area contributed by atoms with Crippen LogP contribution in [0.2, 0.25) is 0 Å². The molecule has 5 rings (SSSR count). The lowest BCUT2D eigenvalue weighted by molar-refractivity contribution is 0.0977. The molecule has 2 aliphatic rings. The van der Waals surface area contributed by atoms with E-state index < -0.39 is 0 Å². The molecule has 0 amide bonds. The van der Waals surface area contributed by atoms with Gasteiger partial charge in [0.15, 0.2) is 0 Å². The van der Waals surface area contributed by atoms with Crippen molar-refractivity contribution in [2.75, 3.05) is 26.2 Å². The highest BCUT2D eigenvalue weighted by Crippen LogP contribution is 2.35. The average Bonchev–Trinajstić information content (AvgIpc) is 3.18. The van der Waals surface area contributed by atoms with Crippen LogP contribution in [0, 0.1) is 11.6 Å².